The minimum absolute atomic E-state index is 0.138. The van der Waals surface area contributed by atoms with Crippen molar-refractivity contribution >= 4 is 18.0 Å². The van der Waals surface area contributed by atoms with Crippen molar-refractivity contribution in [3.8, 4) is 5.75 Å². The summed E-state index contributed by atoms with van der Waals surface area (Å²) in [6.07, 6.45) is 9.81. The molecule has 1 amide bonds. The number of ether oxygens (including phenoxy) is 2. The number of carbonyl (C=O) groups is 2. The highest BCUT2D eigenvalue weighted by atomic mass is 16.5. The van der Waals surface area contributed by atoms with Gasteiger partial charge in [-0.05, 0) is 67.7 Å². The van der Waals surface area contributed by atoms with Gasteiger partial charge in [0.05, 0.1) is 0 Å². The van der Waals surface area contributed by atoms with E-state index in [0.29, 0.717) is 12.5 Å². The van der Waals surface area contributed by atoms with Gasteiger partial charge in [0.1, 0.15) is 12.4 Å². The van der Waals surface area contributed by atoms with Gasteiger partial charge in [0.15, 0.2) is 6.61 Å². The number of nitrogens with one attached hydrogen (secondary N) is 1. The molecule has 28 heavy (non-hydrogen) atoms. The van der Waals surface area contributed by atoms with E-state index < -0.39 is 5.97 Å². The van der Waals surface area contributed by atoms with Crippen molar-refractivity contribution in [1.82, 2.24) is 5.32 Å². The second kappa shape index (κ2) is 9.58. The van der Waals surface area contributed by atoms with E-state index in [1.54, 1.807) is 12.2 Å². The summed E-state index contributed by atoms with van der Waals surface area (Å²) in [6.45, 7) is 5.86. The topological polar surface area (TPSA) is 64.6 Å². The van der Waals surface area contributed by atoms with E-state index in [1.807, 2.05) is 24.3 Å². The number of esters is 1. The first-order valence-corrected chi connectivity index (χ1v) is 10.0. The molecule has 0 spiro atoms. The van der Waals surface area contributed by atoms with Gasteiger partial charge in [0.2, 0.25) is 0 Å². The van der Waals surface area contributed by atoms with E-state index in [4.69, 9.17) is 9.47 Å². The molecule has 0 aromatic heterocycles. The summed E-state index contributed by atoms with van der Waals surface area (Å²) in [4.78, 5) is 23.9. The summed E-state index contributed by atoms with van der Waals surface area (Å²) in [7, 11) is 0. The van der Waals surface area contributed by atoms with Crippen LogP contribution < -0.4 is 10.1 Å². The zero-order valence-corrected chi connectivity index (χ0v) is 16.4. The van der Waals surface area contributed by atoms with Crippen LogP contribution in [0.2, 0.25) is 0 Å². The van der Waals surface area contributed by atoms with Crippen molar-refractivity contribution in [1.29, 1.82) is 0 Å². The zero-order valence-electron chi connectivity index (χ0n) is 16.4. The van der Waals surface area contributed by atoms with E-state index >= 15 is 0 Å². The monoisotopic (exact) mass is 383 g/mol. The Bertz CT molecular complexity index is 725. The number of fused-ring (bicyclic) bond motifs is 2. The van der Waals surface area contributed by atoms with Gasteiger partial charge in [-0.25, -0.2) is 4.79 Å². The molecule has 5 heteroatoms. The number of hydrogen-bond acceptors (Lipinski definition) is 4. The van der Waals surface area contributed by atoms with Crippen LogP contribution in [0.25, 0.3) is 6.08 Å². The van der Waals surface area contributed by atoms with E-state index in [0.717, 1.165) is 23.1 Å². The van der Waals surface area contributed by atoms with Crippen molar-refractivity contribution < 1.29 is 19.1 Å². The highest BCUT2D eigenvalue weighted by Crippen LogP contribution is 2.49. The first-order chi connectivity index (χ1) is 13.5. The SMILES string of the molecule is C=CCOc1ccc(/C=C/C(=O)OCC(=O)NC(C)C2CC3CCC2C3)cc1. The maximum Gasteiger partial charge on any atom is 0.331 e. The summed E-state index contributed by atoms with van der Waals surface area (Å²) in [5.41, 5.74) is 0.845. The fourth-order valence-electron chi connectivity index (χ4n) is 4.49. The Morgan fingerprint density at radius 2 is 2.04 bits per heavy atom. The van der Waals surface area contributed by atoms with Gasteiger partial charge in [-0.1, -0.05) is 31.2 Å². The van der Waals surface area contributed by atoms with Gasteiger partial charge in [0, 0.05) is 12.1 Å². The average Bonchev–Trinajstić information content (AvgIpc) is 3.33. The molecular formula is C23H29NO4. The van der Waals surface area contributed by atoms with Gasteiger partial charge in [0.25, 0.3) is 5.91 Å². The van der Waals surface area contributed by atoms with Crippen molar-refractivity contribution in [2.45, 2.75) is 38.6 Å². The number of carbonyl (C=O) groups excluding carboxylic acids is 2. The summed E-state index contributed by atoms with van der Waals surface area (Å²) in [6, 6.07) is 7.45. The maximum atomic E-state index is 12.1. The Morgan fingerprint density at radius 1 is 1.25 bits per heavy atom. The third-order valence-electron chi connectivity index (χ3n) is 5.83. The zero-order chi connectivity index (χ0) is 19.9. The van der Waals surface area contributed by atoms with Crippen molar-refractivity contribution in [3.05, 3.63) is 48.6 Å². The van der Waals surface area contributed by atoms with Crippen LogP contribution >= 0.6 is 0 Å². The largest absolute Gasteiger partial charge is 0.490 e. The number of hydrogen-bond donors (Lipinski definition) is 1. The highest BCUT2D eigenvalue weighted by Gasteiger charge is 2.42. The van der Waals surface area contributed by atoms with Gasteiger partial charge in [-0.3, -0.25) is 4.79 Å². The molecule has 2 fully saturated rings. The molecule has 4 unspecified atom stereocenters. The number of benzene rings is 1. The van der Waals surface area contributed by atoms with E-state index in [1.165, 1.54) is 31.8 Å². The van der Waals surface area contributed by atoms with Gasteiger partial charge < -0.3 is 14.8 Å². The standard InChI is InChI=1S/C23H29NO4/c1-3-12-27-20-9-5-17(6-10-20)7-11-23(26)28-15-22(25)24-16(2)21-14-18-4-8-19(21)13-18/h3,5-7,9-11,16,18-19,21H,1,4,8,12-15H2,2H3,(H,24,25)/b11-7+. The Morgan fingerprint density at radius 3 is 2.68 bits per heavy atom. The second-order valence-electron chi connectivity index (χ2n) is 7.80. The van der Waals surface area contributed by atoms with Crippen LogP contribution in [0.15, 0.2) is 43.0 Å². The molecule has 0 aliphatic heterocycles. The highest BCUT2D eigenvalue weighted by molar-refractivity contribution is 5.89. The first kappa shape index (κ1) is 20.2. The first-order valence-electron chi connectivity index (χ1n) is 10.0. The van der Waals surface area contributed by atoms with Crippen LogP contribution in [-0.4, -0.2) is 31.1 Å². The molecular weight excluding hydrogens is 354 g/mol. The van der Waals surface area contributed by atoms with E-state index in [2.05, 4.69) is 18.8 Å². The molecule has 2 bridgehead atoms. The number of amides is 1. The predicted octanol–water partition coefficient (Wildman–Crippen LogP) is 3.75. The van der Waals surface area contributed by atoms with E-state index in [9.17, 15) is 9.59 Å². The van der Waals surface area contributed by atoms with Crippen LogP contribution in [0, 0.1) is 17.8 Å². The van der Waals surface area contributed by atoms with Crippen LogP contribution in [0.4, 0.5) is 0 Å². The van der Waals surface area contributed by atoms with Gasteiger partial charge in [-0.15, -0.1) is 0 Å². The third kappa shape index (κ3) is 5.47. The molecule has 0 radical (unpaired) electrons. The molecule has 4 atom stereocenters. The lowest BCUT2D eigenvalue weighted by atomic mass is 9.84. The Kier molecular flexibility index (Phi) is 6.90. The normalized spacial score (nSPS) is 24.1. The smallest absolute Gasteiger partial charge is 0.331 e. The molecule has 150 valence electrons. The quantitative estimate of drug-likeness (QED) is 0.401. The summed E-state index contributed by atoms with van der Waals surface area (Å²) in [5, 5.41) is 3.00. The molecule has 2 saturated carbocycles. The second-order valence-corrected chi connectivity index (χ2v) is 7.80. The maximum absolute atomic E-state index is 12.1. The lowest BCUT2D eigenvalue weighted by molar-refractivity contribution is -0.144. The lowest BCUT2D eigenvalue weighted by Gasteiger charge is -2.28. The van der Waals surface area contributed by atoms with Crippen LogP contribution in [0.3, 0.4) is 0 Å². The summed E-state index contributed by atoms with van der Waals surface area (Å²) < 4.78 is 10.5. The lowest BCUT2D eigenvalue weighted by Crippen LogP contribution is -2.41. The molecule has 1 aromatic carbocycles. The summed E-state index contributed by atoms with van der Waals surface area (Å²) >= 11 is 0. The van der Waals surface area contributed by atoms with Crippen molar-refractivity contribution in [3.63, 3.8) is 0 Å². The molecule has 2 aliphatic carbocycles. The van der Waals surface area contributed by atoms with Crippen LogP contribution in [0.5, 0.6) is 5.75 Å². The molecule has 0 saturated heterocycles. The molecule has 1 N–H and O–H groups in total. The minimum atomic E-state index is -0.533. The molecule has 1 aromatic rings. The average molecular weight is 383 g/mol. The molecule has 5 nitrogen and oxygen atoms in total. The Hall–Kier alpha value is -2.56. The van der Waals surface area contributed by atoms with Gasteiger partial charge in [-0.2, -0.15) is 0 Å². The van der Waals surface area contributed by atoms with Crippen LogP contribution in [0.1, 0.15) is 38.2 Å². The summed E-state index contributed by atoms with van der Waals surface area (Å²) in [5.74, 6) is 2.13. The van der Waals surface area contributed by atoms with E-state index in [-0.39, 0.29) is 18.6 Å². The third-order valence-corrected chi connectivity index (χ3v) is 5.83. The molecule has 2 aliphatic rings. The fraction of sp³-hybridized carbons (Fsp3) is 0.478. The molecule has 3 rings (SSSR count). The predicted molar refractivity (Wildman–Crippen MR) is 109 cm³/mol. The van der Waals surface area contributed by atoms with Gasteiger partial charge >= 0.3 is 5.97 Å². The Labute approximate surface area is 166 Å². The minimum Gasteiger partial charge on any atom is -0.490 e. The fourth-order valence-corrected chi connectivity index (χ4v) is 4.49. The van der Waals surface area contributed by atoms with Crippen molar-refractivity contribution in [2.75, 3.05) is 13.2 Å². The molecule has 0 heterocycles. The van der Waals surface area contributed by atoms with Crippen LogP contribution in [-0.2, 0) is 14.3 Å². The Balaban J connectivity index is 1.38. The number of rotatable bonds is 9. The van der Waals surface area contributed by atoms with Crippen molar-refractivity contribution in [2.24, 2.45) is 17.8 Å².